The van der Waals surface area contributed by atoms with Gasteiger partial charge in [-0.05, 0) is 24.6 Å². The molecule has 0 fully saturated rings. The van der Waals surface area contributed by atoms with Crippen molar-refractivity contribution < 1.29 is 19.1 Å². The van der Waals surface area contributed by atoms with E-state index >= 15 is 0 Å². The lowest BCUT2D eigenvalue weighted by Crippen LogP contribution is -2.43. The van der Waals surface area contributed by atoms with Gasteiger partial charge in [0, 0.05) is 0 Å². The number of carbonyl (C=O) groups is 2. The van der Waals surface area contributed by atoms with Crippen LogP contribution in [0.25, 0.3) is 0 Å². The number of carbonyl (C=O) groups excluding carboxylic acids is 1. The number of nitrogens with zero attached hydrogens (tertiary/aromatic N) is 1. The molecule has 0 aromatic heterocycles. The summed E-state index contributed by atoms with van der Waals surface area (Å²) >= 11 is 0. The normalized spacial score (nSPS) is 11.3. The van der Waals surface area contributed by atoms with Crippen LogP contribution in [-0.4, -0.2) is 23.1 Å². The molecule has 3 N–H and O–H groups in total. The number of aliphatic carboxylic acids is 1. The summed E-state index contributed by atoms with van der Waals surface area (Å²) in [5.41, 5.74) is 0.0101. The summed E-state index contributed by atoms with van der Waals surface area (Å²) in [6.07, 6.45) is 1.76. The molecule has 0 saturated carbocycles. The standard InChI is InChI=1S/C14H16FN3O3/c1-2-3-4-12(13(19)20)18-14(21)17-11-6-5-9(8-16)7-10(11)15/h5-7,12H,2-4H2,1H3,(H,19,20)(H2,17,18,21). The second-order valence-corrected chi connectivity index (χ2v) is 4.44. The molecule has 1 rings (SSSR count). The van der Waals surface area contributed by atoms with Crippen LogP contribution < -0.4 is 10.6 Å². The fourth-order valence-corrected chi connectivity index (χ4v) is 1.67. The van der Waals surface area contributed by atoms with E-state index in [0.717, 1.165) is 12.5 Å². The van der Waals surface area contributed by atoms with E-state index in [2.05, 4.69) is 10.6 Å². The maximum Gasteiger partial charge on any atom is 0.326 e. The highest BCUT2D eigenvalue weighted by Crippen LogP contribution is 2.15. The molecule has 21 heavy (non-hydrogen) atoms. The van der Waals surface area contributed by atoms with Crippen molar-refractivity contribution in [3.8, 4) is 6.07 Å². The van der Waals surface area contributed by atoms with Gasteiger partial charge in [0.1, 0.15) is 11.9 Å². The second-order valence-electron chi connectivity index (χ2n) is 4.44. The Bertz CT molecular complexity index is 569. The molecule has 1 aromatic carbocycles. The zero-order valence-electron chi connectivity index (χ0n) is 11.5. The van der Waals surface area contributed by atoms with Gasteiger partial charge in [-0.15, -0.1) is 0 Å². The Labute approximate surface area is 121 Å². The number of hydrogen-bond acceptors (Lipinski definition) is 3. The number of urea groups is 1. The number of unbranched alkanes of at least 4 members (excludes halogenated alkanes) is 1. The van der Waals surface area contributed by atoms with Crippen LogP contribution in [0.4, 0.5) is 14.9 Å². The Morgan fingerprint density at radius 3 is 2.71 bits per heavy atom. The monoisotopic (exact) mass is 293 g/mol. The number of nitrogens with one attached hydrogen (secondary N) is 2. The van der Waals surface area contributed by atoms with Crippen LogP contribution in [0.5, 0.6) is 0 Å². The molecule has 0 radical (unpaired) electrons. The number of carboxylic acid groups (broad SMARTS) is 1. The maximum absolute atomic E-state index is 13.6. The molecule has 1 aromatic rings. The molecule has 0 aliphatic heterocycles. The van der Waals surface area contributed by atoms with Gasteiger partial charge in [-0.25, -0.2) is 14.0 Å². The highest BCUT2D eigenvalue weighted by molar-refractivity contribution is 5.92. The van der Waals surface area contributed by atoms with Crippen LogP contribution in [0.1, 0.15) is 31.7 Å². The van der Waals surface area contributed by atoms with Crippen LogP contribution in [0.3, 0.4) is 0 Å². The van der Waals surface area contributed by atoms with E-state index in [9.17, 15) is 14.0 Å². The largest absolute Gasteiger partial charge is 0.480 e. The van der Waals surface area contributed by atoms with Gasteiger partial charge in [0.15, 0.2) is 0 Å². The average Bonchev–Trinajstić information content (AvgIpc) is 2.45. The summed E-state index contributed by atoms with van der Waals surface area (Å²) < 4.78 is 13.6. The van der Waals surface area contributed by atoms with Crippen molar-refractivity contribution in [3.05, 3.63) is 29.6 Å². The minimum Gasteiger partial charge on any atom is -0.480 e. The van der Waals surface area contributed by atoms with Gasteiger partial charge in [-0.3, -0.25) is 0 Å². The number of rotatable bonds is 6. The second kappa shape index (κ2) is 7.85. The van der Waals surface area contributed by atoms with Gasteiger partial charge in [-0.1, -0.05) is 19.8 Å². The fraction of sp³-hybridized carbons (Fsp3) is 0.357. The topological polar surface area (TPSA) is 102 Å². The van der Waals surface area contributed by atoms with Crippen molar-refractivity contribution in [1.29, 1.82) is 5.26 Å². The highest BCUT2D eigenvalue weighted by Gasteiger charge is 2.19. The summed E-state index contributed by atoms with van der Waals surface area (Å²) in [4.78, 5) is 22.7. The molecule has 0 spiro atoms. The first-order valence-corrected chi connectivity index (χ1v) is 6.48. The van der Waals surface area contributed by atoms with Crippen molar-refractivity contribution >= 4 is 17.7 Å². The third-order valence-corrected chi connectivity index (χ3v) is 2.80. The van der Waals surface area contributed by atoms with Crippen molar-refractivity contribution in [2.75, 3.05) is 5.32 Å². The van der Waals surface area contributed by atoms with Gasteiger partial charge in [0.25, 0.3) is 0 Å². The SMILES string of the molecule is CCCCC(NC(=O)Nc1ccc(C#N)cc1F)C(=O)O. The Kier molecular flexibility index (Phi) is 6.14. The first kappa shape index (κ1) is 16.4. The van der Waals surface area contributed by atoms with Gasteiger partial charge in [0.2, 0.25) is 0 Å². The minimum absolute atomic E-state index is 0.119. The van der Waals surface area contributed by atoms with Gasteiger partial charge < -0.3 is 15.7 Å². The first-order chi connectivity index (χ1) is 9.97. The molecule has 1 atom stereocenters. The first-order valence-electron chi connectivity index (χ1n) is 6.48. The number of hydrogen-bond donors (Lipinski definition) is 3. The molecular formula is C14H16FN3O3. The Morgan fingerprint density at radius 2 is 2.19 bits per heavy atom. The van der Waals surface area contributed by atoms with Crippen LogP contribution in [0.2, 0.25) is 0 Å². The third-order valence-electron chi connectivity index (χ3n) is 2.80. The van der Waals surface area contributed by atoms with E-state index in [1.807, 2.05) is 6.92 Å². The number of amides is 2. The summed E-state index contributed by atoms with van der Waals surface area (Å²) in [5.74, 6) is -1.90. The number of nitriles is 1. The highest BCUT2D eigenvalue weighted by atomic mass is 19.1. The van der Waals surface area contributed by atoms with Gasteiger partial charge >= 0.3 is 12.0 Å². The van der Waals surface area contributed by atoms with Crippen molar-refractivity contribution in [2.24, 2.45) is 0 Å². The Balaban J connectivity index is 2.68. The zero-order valence-corrected chi connectivity index (χ0v) is 11.5. The molecule has 0 aliphatic carbocycles. The van der Waals surface area contributed by atoms with Crippen molar-refractivity contribution in [1.82, 2.24) is 5.32 Å². The Hall–Kier alpha value is -2.62. The Morgan fingerprint density at radius 1 is 1.48 bits per heavy atom. The molecule has 112 valence electrons. The van der Waals surface area contributed by atoms with E-state index in [4.69, 9.17) is 10.4 Å². The van der Waals surface area contributed by atoms with Crippen LogP contribution >= 0.6 is 0 Å². The number of benzene rings is 1. The van der Waals surface area contributed by atoms with E-state index in [-0.39, 0.29) is 11.3 Å². The third kappa shape index (κ3) is 5.10. The van der Waals surface area contributed by atoms with Gasteiger partial charge in [0.05, 0.1) is 17.3 Å². The van der Waals surface area contributed by atoms with E-state index in [1.165, 1.54) is 12.1 Å². The number of carboxylic acids is 1. The molecule has 0 heterocycles. The van der Waals surface area contributed by atoms with Crippen molar-refractivity contribution in [3.63, 3.8) is 0 Å². The molecule has 2 amide bonds. The van der Waals surface area contributed by atoms with E-state index in [1.54, 1.807) is 6.07 Å². The summed E-state index contributed by atoms with van der Waals surface area (Å²) in [6.45, 7) is 1.91. The maximum atomic E-state index is 13.6. The van der Waals surface area contributed by atoms with Crippen LogP contribution in [0, 0.1) is 17.1 Å². The average molecular weight is 293 g/mol. The predicted octanol–water partition coefficient (Wildman–Crippen LogP) is 2.46. The zero-order chi connectivity index (χ0) is 15.8. The smallest absolute Gasteiger partial charge is 0.326 e. The summed E-state index contributed by atoms with van der Waals surface area (Å²) in [6, 6.07) is 3.53. The van der Waals surface area contributed by atoms with Crippen molar-refractivity contribution in [2.45, 2.75) is 32.2 Å². The molecular weight excluding hydrogens is 277 g/mol. The summed E-state index contributed by atoms with van der Waals surface area (Å²) in [5, 5.41) is 22.1. The lowest BCUT2D eigenvalue weighted by Gasteiger charge is -2.15. The molecule has 1 unspecified atom stereocenters. The lowest BCUT2D eigenvalue weighted by atomic mass is 10.1. The van der Waals surface area contributed by atoms with E-state index < -0.39 is 23.9 Å². The molecule has 0 bridgehead atoms. The summed E-state index contributed by atoms with van der Waals surface area (Å²) in [7, 11) is 0. The van der Waals surface area contributed by atoms with Crippen LogP contribution in [-0.2, 0) is 4.79 Å². The molecule has 6 nitrogen and oxygen atoms in total. The van der Waals surface area contributed by atoms with E-state index in [0.29, 0.717) is 12.8 Å². The minimum atomic E-state index is -1.14. The number of halogens is 1. The fourth-order valence-electron chi connectivity index (χ4n) is 1.67. The molecule has 0 aliphatic rings. The predicted molar refractivity (Wildman–Crippen MR) is 74.2 cm³/mol. The van der Waals surface area contributed by atoms with Crippen LogP contribution in [0.15, 0.2) is 18.2 Å². The number of anilines is 1. The lowest BCUT2D eigenvalue weighted by molar-refractivity contribution is -0.139. The molecule has 0 saturated heterocycles. The quantitative estimate of drug-likeness (QED) is 0.749. The molecule has 7 heteroatoms. The van der Waals surface area contributed by atoms with Gasteiger partial charge in [-0.2, -0.15) is 5.26 Å².